The number of rotatable bonds is 2. The lowest BCUT2D eigenvalue weighted by molar-refractivity contribution is -0.131. The van der Waals surface area contributed by atoms with E-state index in [0.717, 1.165) is 12.1 Å². The van der Waals surface area contributed by atoms with Crippen molar-refractivity contribution in [3.05, 3.63) is 23.5 Å². The lowest BCUT2D eigenvalue weighted by atomic mass is 10.1. The number of carboxylic acids is 1. The van der Waals surface area contributed by atoms with Crippen LogP contribution in [0.5, 0.6) is 11.5 Å². The number of ketones is 1. The number of aliphatic carboxylic acids is 1. The molecule has 1 aromatic carbocycles. The molecular weight excluding hydrogens is 195 g/mol. The summed E-state index contributed by atoms with van der Waals surface area (Å²) in [6, 6.07) is 1.61. The maximum Gasteiger partial charge on any atom is 0.377 e. The quantitative estimate of drug-likeness (QED) is 0.477. The second kappa shape index (κ2) is 3.33. The molecule has 1 aromatic rings. The van der Waals surface area contributed by atoms with E-state index in [9.17, 15) is 14.0 Å². The molecule has 0 radical (unpaired) electrons. The normalized spacial score (nSPS) is 9.79. The van der Waals surface area contributed by atoms with Crippen LogP contribution in [-0.4, -0.2) is 27.1 Å². The number of carbonyl (C=O) groups is 2. The van der Waals surface area contributed by atoms with E-state index in [-0.39, 0.29) is 0 Å². The van der Waals surface area contributed by atoms with Crippen molar-refractivity contribution in [3.8, 4) is 11.5 Å². The fourth-order valence-corrected chi connectivity index (χ4v) is 0.852. The van der Waals surface area contributed by atoms with Crippen molar-refractivity contribution in [1.29, 1.82) is 0 Å². The minimum atomic E-state index is -1.81. The minimum Gasteiger partial charge on any atom is -0.505 e. The summed E-state index contributed by atoms with van der Waals surface area (Å²) in [6.45, 7) is 0. The molecule has 0 atom stereocenters. The standard InChI is InChI=1S/C8H5FO5/c9-5-4(10)2-1-3(6(5)11)7(12)8(13)14/h1-2,10-11H,(H,13,14). The Bertz CT molecular complexity index is 412. The van der Waals surface area contributed by atoms with E-state index in [2.05, 4.69) is 0 Å². The van der Waals surface area contributed by atoms with Crippen LogP contribution in [0.15, 0.2) is 12.1 Å². The molecule has 0 amide bonds. The fourth-order valence-electron chi connectivity index (χ4n) is 0.852. The second-order valence-electron chi connectivity index (χ2n) is 2.43. The molecule has 0 aliphatic heterocycles. The van der Waals surface area contributed by atoms with Gasteiger partial charge < -0.3 is 15.3 Å². The van der Waals surface area contributed by atoms with Crippen LogP contribution >= 0.6 is 0 Å². The van der Waals surface area contributed by atoms with Crippen molar-refractivity contribution in [2.24, 2.45) is 0 Å². The number of phenolic OH excluding ortho intramolecular Hbond substituents is 2. The Balaban J connectivity index is 3.31. The van der Waals surface area contributed by atoms with Gasteiger partial charge in [0.2, 0.25) is 5.82 Å². The summed E-state index contributed by atoms with van der Waals surface area (Å²) in [6.07, 6.45) is 0. The van der Waals surface area contributed by atoms with Crippen molar-refractivity contribution in [3.63, 3.8) is 0 Å². The molecule has 0 saturated heterocycles. The van der Waals surface area contributed by atoms with Crippen LogP contribution in [0.2, 0.25) is 0 Å². The van der Waals surface area contributed by atoms with Crippen LogP contribution in [0.1, 0.15) is 10.4 Å². The van der Waals surface area contributed by atoms with Gasteiger partial charge in [-0.15, -0.1) is 0 Å². The van der Waals surface area contributed by atoms with Gasteiger partial charge in [0, 0.05) is 0 Å². The van der Waals surface area contributed by atoms with E-state index in [1.807, 2.05) is 0 Å². The SMILES string of the molecule is O=C(O)C(=O)c1ccc(O)c(F)c1O. The molecule has 5 nitrogen and oxygen atoms in total. The van der Waals surface area contributed by atoms with Crippen molar-refractivity contribution >= 4 is 11.8 Å². The molecule has 0 fully saturated rings. The van der Waals surface area contributed by atoms with Gasteiger partial charge in [0.1, 0.15) is 0 Å². The first-order valence-corrected chi connectivity index (χ1v) is 3.43. The zero-order chi connectivity index (χ0) is 10.9. The summed E-state index contributed by atoms with van der Waals surface area (Å²) in [5.41, 5.74) is -0.701. The predicted octanol–water partition coefficient (Wildman–Crippen LogP) is 0.504. The Kier molecular flexibility index (Phi) is 2.37. The molecule has 3 N–H and O–H groups in total. The molecule has 14 heavy (non-hydrogen) atoms. The molecule has 0 heterocycles. The minimum absolute atomic E-state index is 0.701. The van der Waals surface area contributed by atoms with Gasteiger partial charge in [0.25, 0.3) is 5.78 Å². The van der Waals surface area contributed by atoms with Crippen LogP contribution in [0, 0.1) is 5.82 Å². The largest absolute Gasteiger partial charge is 0.505 e. The Hall–Kier alpha value is -2.11. The highest BCUT2D eigenvalue weighted by molar-refractivity contribution is 6.40. The van der Waals surface area contributed by atoms with Crippen molar-refractivity contribution in [2.75, 3.05) is 0 Å². The Labute approximate surface area is 77.0 Å². The maximum absolute atomic E-state index is 12.8. The highest BCUT2D eigenvalue weighted by atomic mass is 19.1. The van der Waals surface area contributed by atoms with Gasteiger partial charge in [-0.2, -0.15) is 4.39 Å². The zero-order valence-electron chi connectivity index (χ0n) is 6.69. The average molecular weight is 200 g/mol. The first-order chi connectivity index (χ1) is 6.45. The number of carbonyl (C=O) groups excluding carboxylic acids is 1. The van der Waals surface area contributed by atoms with Gasteiger partial charge in [-0.3, -0.25) is 4.79 Å². The summed E-state index contributed by atoms with van der Waals surface area (Å²) in [5.74, 6) is -6.70. The first kappa shape index (κ1) is 9.97. The van der Waals surface area contributed by atoms with E-state index in [1.165, 1.54) is 0 Å². The number of hydrogen-bond donors (Lipinski definition) is 3. The second-order valence-corrected chi connectivity index (χ2v) is 2.43. The van der Waals surface area contributed by atoms with E-state index >= 15 is 0 Å². The van der Waals surface area contributed by atoms with E-state index in [0.29, 0.717) is 0 Å². The number of aromatic hydroxyl groups is 2. The zero-order valence-corrected chi connectivity index (χ0v) is 6.69. The molecule has 0 saturated carbocycles. The van der Waals surface area contributed by atoms with Gasteiger partial charge in [-0.1, -0.05) is 0 Å². The van der Waals surface area contributed by atoms with Gasteiger partial charge in [0.15, 0.2) is 11.5 Å². The monoisotopic (exact) mass is 200 g/mol. The van der Waals surface area contributed by atoms with Crippen molar-refractivity contribution < 1.29 is 29.3 Å². The maximum atomic E-state index is 12.8. The highest BCUT2D eigenvalue weighted by Gasteiger charge is 2.22. The molecular formula is C8H5FO5. The van der Waals surface area contributed by atoms with Crippen LogP contribution < -0.4 is 0 Å². The number of hydrogen-bond acceptors (Lipinski definition) is 4. The number of carboxylic acid groups (broad SMARTS) is 1. The third-order valence-corrected chi connectivity index (χ3v) is 1.53. The van der Waals surface area contributed by atoms with Gasteiger partial charge in [-0.05, 0) is 12.1 Å². The van der Waals surface area contributed by atoms with E-state index in [4.69, 9.17) is 15.3 Å². The van der Waals surface area contributed by atoms with Crippen molar-refractivity contribution in [1.82, 2.24) is 0 Å². The third-order valence-electron chi connectivity index (χ3n) is 1.53. The van der Waals surface area contributed by atoms with Crippen LogP contribution in [0.4, 0.5) is 4.39 Å². The van der Waals surface area contributed by atoms with Crippen LogP contribution in [0.3, 0.4) is 0 Å². The summed E-state index contributed by atoms with van der Waals surface area (Å²) in [4.78, 5) is 21.0. The number of benzene rings is 1. The summed E-state index contributed by atoms with van der Waals surface area (Å²) < 4.78 is 12.8. The summed E-state index contributed by atoms with van der Waals surface area (Å²) in [7, 11) is 0. The van der Waals surface area contributed by atoms with Gasteiger partial charge in [0.05, 0.1) is 5.56 Å². The summed E-state index contributed by atoms with van der Waals surface area (Å²) >= 11 is 0. The Morgan fingerprint density at radius 1 is 1.21 bits per heavy atom. The molecule has 0 aliphatic carbocycles. The highest BCUT2D eigenvalue weighted by Crippen LogP contribution is 2.28. The van der Waals surface area contributed by atoms with E-state index < -0.39 is 34.6 Å². The lowest BCUT2D eigenvalue weighted by Crippen LogP contribution is -2.13. The van der Waals surface area contributed by atoms with Crippen molar-refractivity contribution in [2.45, 2.75) is 0 Å². The molecule has 0 aromatic heterocycles. The van der Waals surface area contributed by atoms with Crippen LogP contribution in [0.25, 0.3) is 0 Å². The Morgan fingerprint density at radius 2 is 1.79 bits per heavy atom. The molecule has 74 valence electrons. The molecule has 0 aliphatic rings. The Morgan fingerprint density at radius 3 is 2.29 bits per heavy atom. The number of phenols is 2. The average Bonchev–Trinajstić information content (AvgIpc) is 2.13. The van der Waals surface area contributed by atoms with Gasteiger partial charge >= 0.3 is 5.97 Å². The fraction of sp³-hybridized carbons (Fsp3) is 0. The smallest absolute Gasteiger partial charge is 0.377 e. The topological polar surface area (TPSA) is 94.8 Å². The molecule has 0 bridgehead atoms. The first-order valence-electron chi connectivity index (χ1n) is 3.43. The molecule has 1 rings (SSSR count). The predicted molar refractivity (Wildman–Crippen MR) is 41.7 cm³/mol. The molecule has 0 spiro atoms. The third kappa shape index (κ3) is 1.49. The summed E-state index contributed by atoms with van der Waals surface area (Å²) in [5, 5.41) is 26.0. The molecule has 0 unspecified atom stereocenters. The van der Waals surface area contributed by atoms with Gasteiger partial charge in [-0.25, -0.2) is 4.79 Å². The van der Waals surface area contributed by atoms with E-state index in [1.54, 1.807) is 0 Å². The van der Waals surface area contributed by atoms with Crippen LogP contribution in [-0.2, 0) is 4.79 Å². The molecule has 6 heteroatoms. The lowest BCUT2D eigenvalue weighted by Gasteiger charge is -2.02. The number of halogens is 1. The number of Topliss-reactive ketones (excluding diaryl/α,β-unsaturated/α-hetero) is 1.